The number of para-hydroxylation sites is 2. The van der Waals surface area contributed by atoms with E-state index >= 15 is 0 Å². The number of nitrogens with one attached hydrogen (secondary N) is 1. The summed E-state index contributed by atoms with van der Waals surface area (Å²) >= 11 is 0. The van der Waals surface area contributed by atoms with Crippen LogP contribution in [0.5, 0.6) is 0 Å². The fourth-order valence-corrected chi connectivity index (χ4v) is 3.33. The van der Waals surface area contributed by atoms with Gasteiger partial charge >= 0.3 is 0 Å². The molecule has 96 valence electrons. The van der Waals surface area contributed by atoms with E-state index in [9.17, 15) is 0 Å². The molecule has 0 unspecified atom stereocenters. The first-order valence-corrected chi connectivity index (χ1v) is 7.13. The van der Waals surface area contributed by atoms with Crippen molar-refractivity contribution in [2.45, 2.75) is 25.4 Å². The van der Waals surface area contributed by atoms with E-state index in [2.05, 4.69) is 58.4 Å². The summed E-state index contributed by atoms with van der Waals surface area (Å²) in [5.74, 6) is 0. The molecule has 2 nitrogen and oxygen atoms in total. The van der Waals surface area contributed by atoms with Crippen LogP contribution in [-0.4, -0.2) is 17.2 Å². The Balaban J connectivity index is 1.94. The minimum absolute atomic E-state index is 0.624. The Morgan fingerprint density at radius 1 is 0.947 bits per heavy atom. The highest BCUT2D eigenvalue weighted by Gasteiger charge is 2.17. The maximum absolute atomic E-state index is 3.60. The normalized spacial score (nSPS) is 19.5. The molecule has 0 bridgehead atoms. The Bertz CT molecular complexity index is 667. The fraction of sp³-hybridized carbons (Fsp3) is 0.294. The van der Waals surface area contributed by atoms with Crippen LogP contribution in [-0.2, 0) is 6.54 Å². The fourth-order valence-electron chi connectivity index (χ4n) is 3.33. The van der Waals surface area contributed by atoms with Crippen molar-refractivity contribution >= 4 is 21.8 Å². The number of hydrogen-bond donors (Lipinski definition) is 1. The molecule has 0 spiro atoms. The Morgan fingerprint density at radius 3 is 2.16 bits per heavy atom. The van der Waals surface area contributed by atoms with Gasteiger partial charge in [-0.1, -0.05) is 36.4 Å². The third-order valence-electron chi connectivity index (χ3n) is 4.25. The quantitative estimate of drug-likeness (QED) is 0.736. The number of nitrogens with zero attached hydrogens (tertiary/aromatic N) is 1. The molecule has 3 aromatic rings. The number of fused-ring (bicyclic) bond motifs is 3. The van der Waals surface area contributed by atoms with Gasteiger partial charge in [-0.2, -0.15) is 0 Å². The molecular weight excluding hydrogens is 232 g/mol. The van der Waals surface area contributed by atoms with Crippen LogP contribution in [0, 0.1) is 0 Å². The summed E-state index contributed by atoms with van der Waals surface area (Å²) in [4.78, 5) is 0. The molecule has 1 aliphatic heterocycles. The van der Waals surface area contributed by atoms with Crippen LogP contribution >= 0.6 is 0 Å². The van der Waals surface area contributed by atoms with E-state index in [1.165, 1.54) is 41.2 Å². The average Bonchev–Trinajstić information content (AvgIpc) is 3.08. The smallest absolute Gasteiger partial charge is 0.0491 e. The number of benzene rings is 2. The predicted octanol–water partition coefficient (Wildman–Crippen LogP) is 3.55. The third-order valence-corrected chi connectivity index (χ3v) is 4.25. The topological polar surface area (TPSA) is 17.0 Å². The van der Waals surface area contributed by atoms with Crippen molar-refractivity contribution in [1.29, 1.82) is 0 Å². The number of rotatable bonds is 2. The first-order chi connectivity index (χ1) is 9.43. The van der Waals surface area contributed by atoms with Crippen molar-refractivity contribution in [2.75, 3.05) is 6.54 Å². The monoisotopic (exact) mass is 250 g/mol. The van der Waals surface area contributed by atoms with E-state index in [-0.39, 0.29) is 0 Å². The van der Waals surface area contributed by atoms with Crippen LogP contribution in [0.3, 0.4) is 0 Å². The summed E-state index contributed by atoms with van der Waals surface area (Å²) in [7, 11) is 0. The molecule has 1 aliphatic rings. The molecule has 2 aromatic carbocycles. The molecule has 0 amide bonds. The zero-order chi connectivity index (χ0) is 12.7. The Hall–Kier alpha value is -1.80. The molecule has 1 atom stereocenters. The van der Waals surface area contributed by atoms with Crippen LogP contribution in [0.15, 0.2) is 48.5 Å². The molecule has 2 heteroatoms. The second-order valence-corrected chi connectivity index (χ2v) is 5.44. The Kier molecular flexibility index (Phi) is 2.56. The van der Waals surface area contributed by atoms with Crippen LogP contribution in [0.2, 0.25) is 0 Å². The van der Waals surface area contributed by atoms with Crippen LogP contribution in [0.4, 0.5) is 0 Å². The molecule has 1 N–H and O–H groups in total. The largest absolute Gasteiger partial charge is 0.339 e. The van der Waals surface area contributed by atoms with Gasteiger partial charge < -0.3 is 9.88 Å². The van der Waals surface area contributed by atoms with Gasteiger partial charge in [0.05, 0.1) is 0 Å². The van der Waals surface area contributed by atoms with Gasteiger partial charge in [0.15, 0.2) is 0 Å². The SMILES string of the molecule is c1ccc2c(c1)c1ccccc1n2C[C@H]1CCCN1. The molecular formula is C17H18N2. The van der Waals surface area contributed by atoms with Gasteiger partial charge in [-0.25, -0.2) is 0 Å². The summed E-state index contributed by atoms with van der Waals surface area (Å²) < 4.78 is 2.48. The van der Waals surface area contributed by atoms with Gasteiger partial charge in [-0.05, 0) is 31.5 Å². The first-order valence-electron chi connectivity index (χ1n) is 7.13. The predicted molar refractivity (Wildman–Crippen MR) is 80.5 cm³/mol. The summed E-state index contributed by atoms with van der Waals surface area (Å²) in [5, 5.41) is 6.35. The Morgan fingerprint density at radius 2 is 1.58 bits per heavy atom. The van der Waals surface area contributed by atoms with E-state index in [0.29, 0.717) is 6.04 Å². The highest BCUT2D eigenvalue weighted by molar-refractivity contribution is 6.07. The van der Waals surface area contributed by atoms with Crippen LogP contribution < -0.4 is 5.32 Å². The lowest BCUT2D eigenvalue weighted by Gasteiger charge is -2.13. The molecule has 1 saturated heterocycles. The number of hydrogen-bond acceptors (Lipinski definition) is 1. The third kappa shape index (κ3) is 1.75. The highest BCUT2D eigenvalue weighted by Crippen LogP contribution is 2.29. The van der Waals surface area contributed by atoms with Gasteiger partial charge in [0.1, 0.15) is 0 Å². The summed E-state index contributed by atoms with van der Waals surface area (Å²) in [6, 6.07) is 18.1. The van der Waals surface area contributed by atoms with Crippen molar-refractivity contribution in [3.05, 3.63) is 48.5 Å². The lowest BCUT2D eigenvalue weighted by atomic mass is 10.2. The second kappa shape index (κ2) is 4.39. The van der Waals surface area contributed by atoms with Gasteiger partial charge in [0, 0.05) is 34.4 Å². The van der Waals surface area contributed by atoms with E-state index < -0.39 is 0 Å². The highest BCUT2D eigenvalue weighted by atomic mass is 15.0. The Labute approximate surface area is 113 Å². The molecule has 0 radical (unpaired) electrons. The van der Waals surface area contributed by atoms with Crippen molar-refractivity contribution < 1.29 is 0 Å². The maximum Gasteiger partial charge on any atom is 0.0491 e. The van der Waals surface area contributed by atoms with E-state index in [1.54, 1.807) is 0 Å². The maximum atomic E-state index is 3.60. The van der Waals surface area contributed by atoms with Gasteiger partial charge in [0.25, 0.3) is 0 Å². The first kappa shape index (κ1) is 11.1. The van der Waals surface area contributed by atoms with Gasteiger partial charge in [-0.3, -0.25) is 0 Å². The molecule has 1 aromatic heterocycles. The molecule has 1 fully saturated rings. The van der Waals surface area contributed by atoms with Gasteiger partial charge in [0.2, 0.25) is 0 Å². The van der Waals surface area contributed by atoms with E-state index in [0.717, 1.165) is 6.54 Å². The minimum Gasteiger partial charge on any atom is -0.339 e. The van der Waals surface area contributed by atoms with E-state index in [4.69, 9.17) is 0 Å². The second-order valence-electron chi connectivity index (χ2n) is 5.44. The lowest BCUT2D eigenvalue weighted by Crippen LogP contribution is -2.26. The lowest BCUT2D eigenvalue weighted by molar-refractivity contribution is 0.527. The molecule has 19 heavy (non-hydrogen) atoms. The van der Waals surface area contributed by atoms with Crippen molar-refractivity contribution in [3.63, 3.8) is 0 Å². The van der Waals surface area contributed by atoms with E-state index in [1.807, 2.05) is 0 Å². The number of aromatic nitrogens is 1. The zero-order valence-corrected chi connectivity index (χ0v) is 11.0. The molecule has 4 rings (SSSR count). The van der Waals surface area contributed by atoms with Crippen molar-refractivity contribution in [3.8, 4) is 0 Å². The minimum atomic E-state index is 0.624. The van der Waals surface area contributed by atoms with Gasteiger partial charge in [-0.15, -0.1) is 0 Å². The molecule has 0 aliphatic carbocycles. The van der Waals surface area contributed by atoms with Crippen molar-refractivity contribution in [1.82, 2.24) is 9.88 Å². The summed E-state index contributed by atoms with van der Waals surface area (Å²) in [6.07, 6.45) is 2.60. The average molecular weight is 250 g/mol. The zero-order valence-electron chi connectivity index (χ0n) is 11.0. The molecule has 0 saturated carbocycles. The van der Waals surface area contributed by atoms with Crippen LogP contribution in [0.1, 0.15) is 12.8 Å². The van der Waals surface area contributed by atoms with Crippen molar-refractivity contribution in [2.24, 2.45) is 0 Å². The van der Waals surface area contributed by atoms with Crippen LogP contribution in [0.25, 0.3) is 21.8 Å². The summed E-state index contributed by atoms with van der Waals surface area (Å²) in [6.45, 7) is 2.25. The summed E-state index contributed by atoms with van der Waals surface area (Å²) in [5.41, 5.74) is 2.72. The standard InChI is InChI=1S/C17H18N2/c1-3-9-16-14(7-1)15-8-2-4-10-17(15)19(16)12-13-6-5-11-18-13/h1-4,7-10,13,18H,5-6,11-12H2/t13-/m1/s1. The molecule has 2 heterocycles.